The van der Waals surface area contributed by atoms with Gasteiger partial charge in [0.25, 0.3) is 0 Å². The Morgan fingerprint density at radius 3 is 2.20 bits per heavy atom. The Morgan fingerprint density at radius 1 is 1.10 bits per heavy atom. The van der Waals surface area contributed by atoms with Crippen molar-refractivity contribution in [2.45, 2.75) is 53.0 Å². The molecule has 1 fully saturated rings. The molecular formula is C17H25NO2. The van der Waals surface area contributed by atoms with Crippen LogP contribution in [0.5, 0.6) is 0 Å². The molecule has 0 saturated heterocycles. The van der Waals surface area contributed by atoms with Crippen LogP contribution in [-0.4, -0.2) is 12.0 Å². The van der Waals surface area contributed by atoms with Gasteiger partial charge in [-0.15, -0.1) is 5.48 Å². The van der Waals surface area contributed by atoms with E-state index in [1.165, 1.54) is 6.42 Å². The number of hydrogen-bond acceptors (Lipinski definition) is 3. The lowest BCUT2D eigenvalue weighted by atomic mass is 9.64. The van der Waals surface area contributed by atoms with E-state index in [-0.39, 0.29) is 22.8 Å². The smallest absolute Gasteiger partial charge is 0.356 e. The highest BCUT2D eigenvalue weighted by Crippen LogP contribution is 2.45. The molecular weight excluding hydrogens is 250 g/mol. The summed E-state index contributed by atoms with van der Waals surface area (Å²) in [6, 6.07) is 9.31. The van der Waals surface area contributed by atoms with Crippen molar-refractivity contribution in [3.05, 3.63) is 35.9 Å². The van der Waals surface area contributed by atoms with Crippen molar-refractivity contribution in [2.24, 2.45) is 10.8 Å². The van der Waals surface area contributed by atoms with Gasteiger partial charge in [-0.2, -0.15) is 0 Å². The van der Waals surface area contributed by atoms with E-state index in [4.69, 9.17) is 4.84 Å². The lowest BCUT2D eigenvalue weighted by Crippen LogP contribution is -2.44. The van der Waals surface area contributed by atoms with Gasteiger partial charge in [0.1, 0.15) is 0 Å². The molecule has 1 N–H and O–H groups in total. The Kier molecular flexibility index (Phi) is 4.19. The molecule has 1 aromatic rings. The molecule has 2 rings (SSSR count). The van der Waals surface area contributed by atoms with Gasteiger partial charge in [-0.05, 0) is 42.2 Å². The van der Waals surface area contributed by atoms with E-state index in [0.29, 0.717) is 5.56 Å². The van der Waals surface area contributed by atoms with Gasteiger partial charge in [-0.25, -0.2) is 4.79 Å². The zero-order valence-electron chi connectivity index (χ0n) is 12.9. The first kappa shape index (κ1) is 15.0. The van der Waals surface area contributed by atoms with Gasteiger partial charge in [-0.1, -0.05) is 45.9 Å². The maximum Gasteiger partial charge on any atom is 0.356 e. The molecule has 1 aliphatic rings. The lowest BCUT2D eigenvalue weighted by Gasteiger charge is -2.44. The number of rotatable bonds is 3. The number of hydroxylamine groups is 1. The van der Waals surface area contributed by atoms with E-state index in [9.17, 15) is 4.79 Å². The normalized spacial score (nSPS) is 21.4. The van der Waals surface area contributed by atoms with Gasteiger partial charge in [-0.3, -0.25) is 0 Å². The number of benzene rings is 1. The summed E-state index contributed by atoms with van der Waals surface area (Å²) < 4.78 is 0. The summed E-state index contributed by atoms with van der Waals surface area (Å²) >= 11 is 0. The molecule has 3 nitrogen and oxygen atoms in total. The van der Waals surface area contributed by atoms with Crippen LogP contribution >= 0.6 is 0 Å². The van der Waals surface area contributed by atoms with Gasteiger partial charge in [0.05, 0.1) is 5.56 Å². The first-order valence-electron chi connectivity index (χ1n) is 7.29. The van der Waals surface area contributed by atoms with Crippen LogP contribution in [0.4, 0.5) is 0 Å². The maximum absolute atomic E-state index is 11.9. The van der Waals surface area contributed by atoms with Crippen molar-refractivity contribution in [3.63, 3.8) is 0 Å². The molecule has 1 aromatic carbocycles. The predicted molar refractivity (Wildman–Crippen MR) is 80.2 cm³/mol. The topological polar surface area (TPSA) is 38.3 Å². The van der Waals surface area contributed by atoms with Crippen molar-refractivity contribution in [3.8, 4) is 0 Å². The van der Waals surface area contributed by atoms with E-state index >= 15 is 0 Å². The molecule has 0 aromatic heterocycles. The van der Waals surface area contributed by atoms with Crippen molar-refractivity contribution >= 4 is 5.97 Å². The highest BCUT2D eigenvalue weighted by molar-refractivity contribution is 5.89. The Morgan fingerprint density at radius 2 is 1.65 bits per heavy atom. The number of carbonyl (C=O) groups is 1. The minimum absolute atomic E-state index is 0.224. The highest BCUT2D eigenvalue weighted by Gasteiger charge is 2.38. The summed E-state index contributed by atoms with van der Waals surface area (Å²) in [4.78, 5) is 17.2. The number of hydrogen-bond donors (Lipinski definition) is 1. The van der Waals surface area contributed by atoms with Crippen LogP contribution in [0.15, 0.2) is 30.3 Å². The largest absolute Gasteiger partial charge is 0.366 e. The van der Waals surface area contributed by atoms with E-state index in [0.717, 1.165) is 12.8 Å². The summed E-state index contributed by atoms with van der Waals surface area (Å²) in [5.74, 6) is -0.313. The molecule has 0 spiro atoms. The van der Waals surface area contributed by atoms with Crippen LogP contribution < -0.4 is 5.48 Å². The van der Waals surface area contributed by atoms with Gasteiger partial charge >= 0.3 is 5.97 Å². The van der Waals surface area contributed by atoms with E-state index in [1.807, 2.05) is 18.2 Å². The van der Waals surface area contributed by atoms with Crippen LogP contribution in [0.3, 0.4) is 0 Å². The fourth-order valence-electron chi connectivity index (χ4n) is 3.70. The Bertz CT molecular complexity index is 449. The monoisotopic (exact) mass is 275 g/mol. The molecule has 0 heterocycles. The van der Waals surface area contributed by atoms with E-state index in [2.05, 4.69) is 33.2 Å². The molecule has 1 saturated carbocycles. The molecule has 0 aliphatic heterocycles. The first-order chi connectivity index (χ1) is 9.27. The molecule has 0 unspecified atom stereocenters. The molecule has 0 amide bonds. The standard InChI is InChI=1S/C17H25NO2/c1-16(2)10-14(11-17(3,4)12-16)18-20-15(19)13-8-6-5-7-9-13/h5-9,14,18H,10-12H2,1-4H3. The molecule has 1 aliphatic carbocycles. The fourth-order valence-corrected chi connectivity index (χ4v) is 3.70. The Hall–Kier alpha value is -1.35. The van der Waals surface area contributed by atoms with Crippen molar-refractivity contribution < 1.29 is 9.63 Å². The quantitative estimate of drug-likeness (QED) is 0.849. The second-order valence-corrected chi connectivity index (χ2v) is 7.48. The maximum atomic E-state index is 11.9. The predicted octanol–water partition coefficient (Wildman–Crippen LogP) is 3.95. The second kappa shape index (κ2) is 5.57. The Labute approximate surface area is 121 Å². The van der Waals surface area contributed by atoms with Gasteiger partial charge < -0.3 is 4.84 Å². The van der Waals surface area contributed by atoms with Crippen molar-refractivity contribution in [2.75, 3.05) is 0 Å². The fraction of sp³-hybridized carbons (Fsp3) is 0.588. The van der Waals surface area contributed by atoms with Crippen LogP contribution in [-0.2, 0) is 4.84 Å². The first-order valence-corrected chi connectivity index (χ1v) is 7.29. The second-order valence-electron chi connectivity index (χ2n) is 7.48. The SMILES string of the molecule is CC1(C)CC(NOC(=O)c2ccccc2)CC(C)(C)C1. The third-order valence-corrected chi connectivity index (χ3v) is 3.88. The van der Waals surface area contributed by atoms with Crippen molar-refractivity contribution in [1.29, 1.82) is 0 Å². The zero-order valence-corrected chi connectivity index (χ0v) is 12.9. The van der Waals surface area contributed by atoms with Crippen LogP contribution in [0.25, 0.3) is 0 Å². The van der Waals surface area contributed by atoms with Gasteiger partial charge in [0, 0.05) is 6.04 Å². The summed E-state index contributed by atoms with van der Waals surface area (Å²) in [5.41, 5.74) is 4.11. The van der Waals surface area contributed by atoms with Gasteiger partial charge in [0.15, 0.2) is 0 Å². The summed E-state index contributed by atoms with van der Waals surface area (Å²) in [7, 11) is 0. The van der Waals surface area contributed by atoms with E-state index in [1.54, 1.807) is 12.1 Å². The Balaban J connectivity index is 1.92. The van der Waals surface area contributed by atoms with Crippen molar-refractivity contribution in [1.82, 2.24) is 5.48 Å². The average molecular weight is 275 g/mol. The third kappa shape index (κ3) is 4.07. The number of nitrogens with one attached hydrogen (secondary N) is 1. The molecule has 20 heavy (non-hydrogen) atoms. The third-order valence-electron chi connectivity index (χ3n) is 3.88. The minimum Gasteiger partial charge on any atom is -0.366 e. The summed E-state index contributed by atoms with van der Waals surface area (Å²) in [6.45, 7) is 9.12. The lowest BCUT2D eigenvalue weighted by molar-refractivity contribution is -0.0145. The molecule has 0 atom stereocenters. The minimum atomic E-state index is -0.313. The number of carbonyl (C=O) groups excluding carboxylic acids is 1. The van der Waals surface area contributed by atoms with Crippen LogP contribution in [0.2, 0.25) is 0 Å². The van der Waals surface area contributed by atoms with E-state index < -0.39 is 0 Å². The summed E-state index contributed by atoms with van der Waals surface area (Å²) in [6.07, 6.45) is 3.25. The molecule has 3 heteroatoms. The molecule has 110 valence electrons. The summed E-state index contributed by atoms with van der Waals surface area (Å²) in [5, 5.41) is 0. The van der Waals surface area contributed by atoms with Gasteiger partial charge in [0.2, 0.25) is 0 Å². The molecule has 0 bridgehead atoms. The van der Waals surface area contributed by atoms with Crippen LogP contribution in [0.1, 0.15) is 57.3 Å². The highest BCUT2D eigenvalue weighted by atomic mass is 16.7. The average Bonchev–Trinajstić information content (AvgIpc) is 2.33. The van der Waals surface area contributed by atoms with Crippen LogP contribution in [0, 0.1) is 10.8 Å². The molecule has 0 radical (unpaired) electrons. The zero-order chi connectivity index (χ0) is 14.8.